The van der Waals surface area contributed by atoms with Crippen LogP contribution in [0.25, 0.3) is 22.3 Å². The lowest BCUT2D eigenvalue weighted by Crippen LogP contribution is -2.40. The van der Waals surface area contributed by atoms with E-state index in [2.05, 4.69) is 43.1 Å². The molecule has 11 heteroatoms. The highest BCUT2D eigenvalue weighted by molar-refractivity contribution is 5.89. The van der Waals surface area contributed by atoms with E-state index in [9.17, 15) is 24.0 Å². The number of carbonyl (C=O) groups is 4. The number of ether oxygens (including phenoxy) is 2. The lowest BCUT2D eigenvalue weighted by Gasteiger charge is -2.32. The lowest BCUT2D eigenvalue weighted by atomic mass is 9.85. The molecule has 0 aliphatic carbocycles. The van der Waals surface area contributed by atoms with Gasteiger partial charge in [0, 0.05) is 35.9 Å². The minimum Gasteiger partial charge on any atom is -0.460 e. The van der Waals surface area contributed by atoms with Crippen LogP contribution < -0.4 is 10.9 Å². The number of esters is 2. The summed E-state index contributed by atoms with van der Waals surface area (Å²) < 4.78 is 13.2. The van der Waals surface area contributed by atoms with E-state index in [1.165, 1.54) is 18.1 Å². The Labute approximate surface area is 280 Å². The summed E-state index contributed by atoms with van der Waals surface area (Å²) in [5, 5.41) is 3.58. The molecule has 0 unspecified atom stereocenters. The van der Waals surface area contributed by atoms with Gasteiger partial charge >= 0.3 is 11.9 Å². The summed E-state index contributed by atoms with van der Waals surface area (Å²) in [4.78, 5) is 71.5. The van der Waals surface area contributed by atoms with Crippen molar-refractivity contribution < 1.29 is 28.7 Å². The zero-order valence-corrected chi connectivity index (χ0v) is 28.5. The summed E-state index contributed by atoms with van der Waals surface area (Å²) >= 11 is 0. The number of nitrogens with one attached hydrogen (secondary N) is 1. The number of aromatic nitrogens is 2. The summed E-state index contributed by atoms with van der Waals surface area (Å²) in [6.07, 6.45) is 2.23. The van der Waals surface area contributed by atoms with Crippen LogP contribution >= 0.6 is 0 Å². The molecule has 0 radical (unpaired) electrons. The topological polar surface area (TPSA) is 137 Å². The molecule has 1 saturated heterocycles. The van der Waals surface area contributed by atoms with E-state index in [-0.39, 0.29) is 49.2 Å². The highest BCUT2D eigenvalue weighted by atomic mass is 16.6. The molecule has 6 rings (SSSR count). The number of fused-ring (bicyclic) bond motifs is 5. The standard InChI is InChI=1S/C37H44N4O7/c1-6-37(48-34(45)17-38-32(43)8-7-24(5)42)16-33(44)47-20-28-29(37)15-31-35-27(19-41(31)36(28)46)26(18-40-11-9-21(2)10-12-40)25-13-22(3)23(4)14-30(25)39-35/h13-15,21H,6-12,16-20H2,1-5H3,(H,38,43)/t37-/m1/s1. The van der Waals surface area contributed by atoms with Gasteiger partial charge in [-0.25, -0.2) is 4.98 Å². The molecule has 0 bridgehead atoms. The van der Waals surface area contributed by atoms with Crippen LogP contribution in [-0.4, -0.2) is 57.7 Å². The van der Waals surface area contributed by atoms with E-state index < -0.39 is 30.0 Å². The number of cyclic esters (lactones) is 1. The number of benzene rings is 1. The van der Waals surface area contributed by atoms with Crippen LogP contribution in [0.2, 0.25) is 0 Å². The predicted octanol–water partition coefficient (Wildman–Crippen LogP) is 4.35. The van der Waals surface area contributed by atoms with Crippen LogP contribution in [0.4, 0.5) is 0 Å². The summed E-state index contributed by atoms with van der Waals surface area (Å²) in [5.74, 6) is -1.24. The number of likely N-dealkylation sites (tertiary alicyclic amines) is 1. The van der Waals surface area contributed by atoms with Crippen molar-refractivity contribution in [1.82, 2.24) is 19.8 Å². The first kappa shape index (κ1) is 33.5. The number of pyridine rings is 2. The number of piperidine rings is 1. The first-order chi connectivity index (χ1) is 22.9. The number of carbonyl (C=O) groups excluding carboxylic acids is 4. The average molecular weight is 657 g/mol. The molecule has 0 spiro atoms. The molecule has 1 fully saturated rings. The summed E-state index contributed by atoms with van der Waals surface area (Å²) in [6.45, 7) is 12.1. The zero-order chi connectivity index (χ0) is 34.3. The number of nitrogens with zero attached hydrogens (tertiary/aromatic N) is 3. The monoisotopic (exact) mass is 656 g/mol. The first-order valence-electron chi connectivity index (χ1n) is 16.9. The van der Waals surface area contributed by atoms with Gasteiger partial charge in [-0.1, -0.05) is 13.8 Å². The first-order valence-corrected chi connectivity index (χ1v) is 16.9. The fourth-order valence-electron chi connectivity index (χ4n) is 7.20. The van der Waals surface area contributed by atoms with Crippen molar-refractivity contribution in [2.75, 3.05) is 19.6 Å². The maximum atomic E-state index is 14.3. The zero-order valence-electron chi connectivity index (χ0n) is 28.5. The van der Waals surface area contributed by atoms with E-state index in [1.807, 2.05) is 6.07 Å². The molecular formula is C37H44N4O7. The molecule has 3 aliphatic rings. The number of hydrogen-bond acceptors (Lipinski definition) is 9. The number of ketones is 1. The van der Waals surface area contributed by atoms with Gasteiger partial charge in [0.25, 0.3) is 5.56 Å². The molecule has 3 aromatic rings. The Morgan fingerprint density at radius 2 is 1.79 bits per heavy atom. The van der Waals surface area contributed by atoms with E-state index in [4.69, 9.17) is 14.5 Å². The SMILES string of the molecule is CC[C@@]1(OC(=O)CNC(=O)CCC(C)=O)CC(=O)OCc2c1cc1n(c2=O)Cc2c-1nc1cc(C)c(C)cc1c2CN1CCC(C)CC1. The fraction of sp³-hybridized carbons (Fsp3) is 0.514. The van der Waals surface area contributed by atoms with Gasteiger partial charge in [0.15, 0.2) is 0 Å². The largest absolute Gasteiger partial charge is 0.460 e. The summed E-state index contributed by atoms with van der Waals surface area (Å²) in [5.41, 5.74) is 5.58. The maximum absolute atomic E-state index is 14.3. The average Bonchev–Trinajstić information content (AvgIpc) is 3.35. The third-order valence-corrected chi connectivity index (χ3v) is 10.3. The normalized spacial score (nSPS) is 19.2. The maximum Gasteiger partial charge on any atom is 0.326 e. The van der Waals surface area contributed by atoms with Gasteiger partial charge < -0.3 is 24.2 Å². The van der Waals surface area contributed by atoms with E-state index in [0.29, 0.717) is 23.7 Å². The van der Waals surface area contributed by atoms with E-state index >= 15 is 0 Å². The molecule has 254 valence electrons. The second-order valence-corrected chi connectivity index (χ2v) is 13.8. The van der Waals surface area contributed by atoms with Crippen LogP contribution in [-0.2, 0) is 53.9 Å². The van der Waals surface area contributed by atoms with Crippen molar-refractivity contribution in [2.24, 2.45) is 5.92 Å². The van der Waals surface area contributed by atoms with Gasteiger partial charge in [0.2, 0.25) is 5.91 Å². The highest BCUT2D eigenvalue weighted by Crippen LogP contribution is 2.43. The Bertz CT molecular complexity index is 1890. The molecule has 0 saturated carbocycles. The van der Waals surface area contributed by atoms with E-state index in [1.54, 1.807) is 11.5 Å². The number of rotatable bonds is 9. The van der Waals surface area contributed by atoms with Crippen molar-refractivity contribution in [2.45, 2.75) is 98.4 Å². The third kappa shape index (κ3) is 6.40. The van der Waals surface area contributed by atoms with Gasteiger partial charge in [0.05, 0.1) is 35.4 Å². The van der Waals surface area contributed by atoms with E-state index in [0.717, 1.165) is 60.2 Å². The molecule has 1 atom stereocenters. The van der Waals surface area contributed by atoms with Crippen molar-refractivity contribution in [1.29, 1.82) is 0 Å². The summed E-state index contributed by atoms with van der Waals surface area (Å²) in [6, 6.07) is 6.16. The Morgan fingerprint density at radius 3 is 2.50 bits per heavy atom. The van der Waals surface area contributed by atoms with Crippen LogP contribution in [0, 0.1) is 19.8 Å². The Morgan fingerprint density at radius 1 is 1.06 bits per heavy atom. The molecule has 1 aromatic carbocycles. The van der Waals surface area contributed by atoms with Crippen molar-refractivity contribution >= 4 is 34.5 Å². The minimum absolute atomic E-state index is 0.0430. The molecule has 1 N–H and O–H groups in total. The number of hydrogen-bond donors (Lipinski definition) is 1. The van der Waals surface area contributed by atoms with Gasteiger partial charge in [0.1, 0.15) is 24.5 Å². The Kier molecular flexibility index (Phi) is 9.26. The number of aryl methyl sites for hydroxylation is 2. The van der Waals surface area contributed by atoms with Crippen LogP contribution in [0.5, 0.6) is 0 Å². The molecule has 2 aromatic heterocycles. The van der Waals surface area contributed by atoms with Gasteiger partial charge in [-0.05, 0) is 93.9 Å². The number of amides is 1. The third-order valence-electron chi connectivity index (χ3n) is 10.3. The Hall–Kier alpha value is -4.38. The molecule has 3 aliphatic heterocycles. The van der Waals surface area contributed by atoms with Crippen LogP contribution in [0.15, 0.2) is 23.0 Å². The fourth-order valence-corrected chi connectivity index (χ4v) is 7.20. The van der Waals surface area contributed by atoms with Gasteiger partial charge in [-0.15, -0.1) is 0 Å². The van der Waals surface area contributed by atoms with Gasteiger partial charge in [-0.2, -0.15) is 0 Å². The quantitative estimate of drug-likeness (QED) is 0.261. The molecule has 48 heavy (non-hydrogen) atoms. The molecule has 1 amide bonds. The second-order valence-electron chi connectivity index (χ2n) is 13.8. The Balaban J connectivity index is 1.43. The van der Waals surface area contributed by atoms with Crippen molar-refractivity contribution in [3.63, 3.8) is 0 Å². The van der Waals surface area contributed by atoms with Crippen LogP contribution in [0.1, 0.15) is 92.7 Å². The highest BCUT2D eigenvalue weighted by Gasteiger charge is 2.44. The molecule has 5 heterocycles. The summed E-state index contributed by atoms with van der Waals surface area (Å²) in [7, 11) is 0. The van der Waals surface area contributed by atoms with Gasteiger partial charge in [-0.3, -0.25) is 24.1 Å². The smallest absolute Gasteiger partial charge is 0.326 e. The molecule has 11 nitrogen and oxygen atoms in total. The van der Waals surface area contributed by atoms with Crippen molar-refractivity contribution in [3.05, 3.63) is 61.9 Å². The molecular weight excluding hydrogens is 612 g/mol. The van der Waals surface area contributed by atoms with Crippen LogP contribution in [0.3, 0.4) is 0 Å². The number of Topliss-reactive ketones (excluding diaryl/α,β-unsaturated/α-hetero) is 1. The second kappa shape index (κ2) is 13.3. The minimum atomic E-state index is -1.49. The lowest BCUT2D eigenvalue weighted by molar-refractivity contribution is -0.167. The van der Waals surface area contributed by atoms with Crippen molar-refractivity contribution in [3.8, 4) is 11.4 Å². The predicted molar refractivity (Wildman–Crippen MR) is 179 cm³/mol.